The molecule has 0 rings (SSSR count). The Labute approximate surface area is 93.2 Å². The van der Waals surface area contributed by atoms with Gasteiger partial charge in [0, 0.05) is 30.3 Å². The van der Waals surface area contributed by atoms with Gasteiger partial charge in [-0.3, -0.25) is 0 Å². The summed E-state index contributed by atoms with van der Waals surface area (Å²) in [4.78, 5) is 0. The minimum absolute atomic E-state index is 0.371. The smallest absolute Gasteiger partial charge is 0.0462 e. The van der Waals surface area contributed by atoms with Gasteiger partial charge in [0.05, 0.1) is 0 Å². The van der Waals surface area contributed by atoms with Gasteiger partial charge in [-0.05, 0) is 19.9 Å². The third kappa shape index (κ3) is 8.85. The molecule has 0 aromatic heterocycles. The van der Waals surface area contributed by atoms with Crippen LogP contribution in [-0.2, 0) is 4.74 Å². The molecule has 0 spiro atoms. The molecular formula is C11H25NOS. The molecule has 1 atom stereocenters. The summed E-state index contributed by atoms with van der Waals surface area (Å²) >= 11 is 2.02. The van der Waals surface area contributed by atoms with Crippen molar-refractivity contribution < 1.29 is 4.74 Å². The zero-order valence-electron chi connectivity index (χ0n) is 10.2. The van der Waals surface area contributed by atoms with E-state index in [-0.39, 0.29) is 0 Å². The minimum atomic E-state index is 0.371. The first kappa shape index (κ1) is 14.3. The fourth-order valence-electron chi connectivity index (χ4n) is 1.14. The summed E-state index contributed by atoms with van der Waals surface area (Å²) in [6.07, 6.45) is 2.35. The number of ether oxygens (including phenoxy) is 1. The van der Waals surface area contributed by atoms with Gasteiger partial charge in [0.2, 0.25) is 0 Å². The van der Waals surface area contributed by atoms with E-state index >= 15 is 0 Å². The number of hydrogen-bond donors (Lipinski definition) is 1. The van der Waals surface area contributed by atoms with E-state index in [2.05, 4.69) is 26.1 Å². The van der Waals surface area contributed by atoms with Gasteiger partial charge in [-0.1, -0.05) is 20.8 Å². The zero-order chi connectivity index (χ0) is 11.0. The van der Waals surface area contributed by atoms with Crippen molar-refractivity contribution in [3.8, 4) is 0 Å². The molecule has 0 bridgehead atoms. The van der Waals surface area contributed by atoms with Crippen molar-refractivity contribution >= 4 is 11.8 Å². The van der Waals surface area contributed by atoms with Crippen LogP contribution in [0.1, 0.15) is 33.6 Å². The molecule has 14 heavy (non-hydrogen) atoms. The Morgan fingerprint density at radius 2 is 2.00 bits per heavy atom. The van der Waals surface area contributed by atoms with E-state index in [1.54, 1.807) is 7.11 Å². The lowest BCUT2D eigenvalue weighted by atomic mass is 10.2. The molecule has 3 heteroatoms. The van der Waals surface area contributed by atoms with E-state index in [1.807, 2.05) is 18.8 Å². The number of hydrogen-bond acceptors (Lipinski definition) is 3. The Morgan fingerprint density at radius 3 is 2.43 bits per heavy atom. The standard InChI is InChI=1S/C11H25NOS/c1-11(2,3)14-9-10(12-4)7-6-8-13-5/h10,12H,6-9H2,1-5H3. The molecule has 86 valence electrons. The van der Waals surface area contributed by atoms with Crippen LogP contribution in [0.3, 0.4) is 0 Å². The van der Waals surface area contributed by atoms with Crippen molar-refractivity contribution in [1.29, 1.82) is 0 Å². The van der Waals surface area contributed by atoms with Gasteiger partial charge >= 0.3 is 0 Å². The maximum atomic E-state index is 5.05. The summed E-state index contributed by atoms with van der Waals surface area (Å²) in [5.74, 6) is 1.18. The minimum Gasteiger partial charge on any atom is -0.385 e. The summed E-state index contributed by atoms with van der Waals surface area (Å²) in [5.41, 5.74) is 0. The molecule has 0 aliphatic carbocycles. The van der Waals surface area contributed by atoms with Crippen LogP contribution in [0.5, 0.6) is 0 Å². The van der Waals surface area contributed by atoms with Crippen LogP contribution in [0.4, 0.5) is 0 Å². The van der Waals surface area contributed by atoms with Gasteiger partial charge in [0.25, 0.3) is 0 Å². The van der Waals surface area contributed by atoms with Gasteiger partial charge in [-0.2, -0.15) is 11.8 Å². The lowest BCUT2D eigenvalue weighted by molar-refractivity contribution is 0.190. The molecule has 0 saturated carbocycles. The Balaban J connectivity index is 3.58. The summed E-state index contributed by atoms with van der Waals surface area (Å²) in [6.45, 7) is 7.66. The van der Waals surface area contributed by atoms with Gasteiger partial charge in [0.1, 0.15) is 0 Å². The monoisotopic (exact) mass is 219 g/mol. The van der Waals surface area contributed by atoms with E-state index < -0.39 is 0 Å². The van der Waals surface area contributed by atoms with Crippen LogP contribution in [0, 0.1) is 0 Å². The summed E-state index contributed by atoms with van der Waals surface area (Å²) in [5, 5.41) is 3.36. The second kappa shape index (κ2) is 7.55. The Bertz CT molecular complexity index is 134. The van der Waals surface area contributed by atoms with Crippen molar-refractivity contribution in [2.75, 3.05) is 26.5 Å². The molecule has 0 fully saturated rings. The Kier molecular flexibility index (Phi) is 7.69. The highest BCUT2D eigenvalue weighted by atomic mass is 32.2. The van der Waals surface area contributed by atoms with E-state index in [0.717, 1.165) is 13.0 Å². The normalized spacial score (nSPS) is 14.4. The van der Waals surface area contributed by atoms with Crippen molar-refractivity contribution in [2.45, 2.75) is 44.4 Å². The van der Waals surface area contributed by atoms with E-state index in [1.165, 1.54) is 12.2 Å². The van der Waals surface area contributed by atoms with Crippen LogP contribution in [0.2, 0.25) is 0 Å². The van der Waals surface area contributed by atoms with E-state index in [9.17, 15) is 0 Å². The lowest BCUT2D eigenvalue weighted by Crippen LogP contribution is -2.29. The molecule has 0 radical (unpaired) electrons. The largest absolute Gasteiger partial charge is 0.385 e. The molecule has 0 aliphatic heterocycles. The average Bonchev–Trinajstić information content (AvgIpc) is 2.09. The number of thioether (sulfide) groups is 1. The predicted molar refractivity (Wildman–Crippen MR) is 66.2 cm³/mol. The molecule has 0 aromatic carbocycles. The van der Waals surface area contributed by atoms with Crippen molar-refractivity contribution in [2.24, 2.45) is 0 Å². The second-order valence-electron chi connectivity index (χ2n) is 4.54. The van der Waals surface area contributed by atoms with Crippen molar-refractivity contribution in [1.82, 2.24) is 5.32 Å². The number of nitrogens with one attached hydrogen (secondary N) is 1. The van der Waals surface area contributed by atoms with Crippen molar-refractivity contribution in [3.63, 3.8) is 0 Å². The topological polar surface area (TPSA) is 21.3 Å². The SMILES string of the molecule is CNC(CCCOC)CSC(C)(C)C. The third-order valence-electron chi connectivity index (χ3n) is 2.03. The highest BCUT2D eigenvalue weighted by molar-refractivity contribution is 8.00. The molecule has 1 unspecified atom stereocenters. The van der Waals surface area contributed by atoms with Crippen LogP contribution < -0.4 is 5.32 Å². The summed E-state index contributed by atoms with van der Waals surface area (Å²) < 4.78 is 5.42. The Morgan fingerprint density at radius 1 is 1.36 bits per heavy atom. The maximum absolute atomic E-state index is 5.05. The predicted octanol–water partition coefficient (Wildman–Crippen LogP) is 2.53. The van der Waals surface area contributed by atoms with E-state index in [0.29, 0.717) is 10.8 Å². The molecule has 1 N–H and O–H groups in total. The molecular weight excluding hydrogens is 194 g/mol. The van der Waals surface area contributed by atoms with Crippen LogP contribution in [0.15, 0.2) is 0 Å². The fraction of sp³-hybridized carbons (Fsp3) is 1.00. The average molecular weight is 219 g/mol. The lowest BCUT2D eigenvalue weighted by Gasteiger charge is -2.22. The molecule has 0 heterocycles. The first-order valence-corrected chi connectivity index (χ1v) is 6.28. The number of methoxy groups -OCH3 is 1. The third-order valence-corrected chi connectivity index (χ3v) is 3.46. The van der Waals surface area contributed by atoms with Crippen LogP contribution in [-0.4, -0.2) is 37.3 Å². The second-order valence-corrected chi connectivity index (χ2v) is 6.39. The molecule has 0 saturated heterocycles. The quantitative estimate of drug-likeness (QED) is 0.665. The first-order valence-electron chi connectivity index (χ1n) is 5.29. The van der Waals surface area contributed by atoms with Crippen molar-refractivity contribution in [3.05, 3.63) is 0 Å². The Hall–Kier alpha value is 0.270. The molecule has 2 nitrogen and oxygen atoms in total. The van der Waals surface area contributed by atoms with E-state index in [4.69, 9.17) is 4.74 Å². The highest BCUT2D eigenvalue weighted by Crippen LogP contribution is 2.24. The van der Waals surface area contributed by atoms with Gasteiger partial charge in [-0.25, -0.2) is 0 Å². The van der Waals surface area contributed by atoms with Gasteiger partial charge in [0.15, 0.2) is 0 Å². The number of rotatable bonds is 7. The van der Waals surface area contributed by atoms with Gasteiger partial charge in [-0.15, -0.1) is 0 Å². The van der Waals surface area contributed by atoms with Crippen LogP contribution >= 0.6 is 11.8 Å². The highest BCUT2D eigenvalue weighted by Gasteiger charge is 2.14. The zero-order valence-corrected chi connectivity index (χ0v) is 11.0. The fourth-order valence-corrected chi connectivity index (χ4v) is 2.17. The maximum Gasteiger partial charge on any atom is 0.0462 e. The molecule has 0 amide bonds. The molecule has 0 aromatic rings. The molecule has 0 aliphatic rings. The first-order chi connectivity index (χ1) is 6.49. The van der Waals surface area contributed by atoms with Gasteiger partial charge < -0.3 is 10.1 Å². The summed E-state index contributed by atoms with van der Waals surface area (Å²) in [7, 11) is 3.80. The summed E-state index contributed by atoms with van der Waals surface area (Å²) in [6, 6.07) is 0.620. The van der Waals surface area contributed by atoms with Crippen LogP contribution in [0.25, 0.3) is 0 Å².